The minimum absolute atomic E-state index is 0.0674. The number of thiophene rings is 1. The molecule has 2 aromatic heterocycles. The minimum Gasteiger partial charge on any atom is -0.481 e. The fraction of sp³-hybridized carbons (Fsp3) is 0.167. The maximum absolute atomic E-state index is 11.9. The van der Waals surface area contributed by atoms with Crippen LogP contribution >= 0.6 is 22.7 Å². The number of carboxylic acids is 2. The molecule has 0 spiro atoms. The van der Waals surface area contributed by atoms with Crippen molar-refractivity contribution in [1.82, 2.24) is 10.3 Å². The summed E-state index contributed by atoms with van der Waals surface area (Å²) in [6.07, 6.45) is -0.692. The molecule has 110 valence electrons. The van der Waals surface area contributed by atoms with Gasteiger partial charge in [0.25, 0.3) is 5.91 Å². The molecule has 0 saturated heterocycles. The predicted octanol–water partition coefficient (Wildman–Crippen LogP) is 1.53. The van der Waals surface area contributed by atoms with Crippen molar-refractivity contribution < 1.29 is 24.6 Å². The van der Waals surface area contributed by atoms with Crippen LogP contribution in [-0.2, 0) is 9.59 Å². The Morgan fingerprint density at radius 3 is 2.62 bits per heavy atom. The second-order valence-corrected chi connectivity index (χ2v) is 5.65. The molecule has 2 rings (SSSR count). The summed E-state index contributed by atoms with van der Waals surface area (Å²) in [6, 6.07) is 0.372. The van der Waals surface area contributed by atoms with Gasteiger partial charge in [0.1, 0.15) is 16.7 Å². The van der Waals surface area contributed by atoms with E-state index in [2.05, 4.69) is 10.3 Å². The van der Waals surface area contributed by atoms with Gasteiger partial charge in [0.05, 0.1) is 6.42 Å². The molecular formula is C12H10N2O5S2. The second-order valence-electron chi connectivity index (χ2n) is 4.01. The molecule has 3 N–H and O–H groups in total. The minimum atomic E-state index is -1.48. The zero-order valence-electron chi connectivity index (χ0n) is 10.5. The van der Waals surface area contributed by atoms with Crippen LogP contribution in [0.15, 0.2) is 22.2 Å². The lowest BCUT2D eigenvalue weighted by Gasteiger charge is -2.10. The third-order valence-corrected chi connectivity index (χ3v) is 4.06. The Kier molecular flexibility index (Phi) is 4.66. The first-order valence-electron chi connectivity index (χ1n) is 5.71. The van der Waals surface area contributed by atoms with Gasteiger partial charge in [-0.2, -0.15) is 11.3 Å². The first kappa shape index (κ1) is 15.1. The molecule has 2 aromatic rings. The van der Waals surface area contributed by atoms with Crippen LogP contribution in [-0.4, -0.2) is 39.1 Å². The topological polar surface area (TPSA) is 117 Å². The first-order valence-corrected chi connectivity index (χ1v) is 7.53. The molecule has 9 heteroatoms. The molecule has 0 saturated carbocycles. The molecular weight excluding hydrogens is 316 g/mol. The van der Waals surface area contributed by atoms with Crippen LogP contribution in [0.25, 0.3) is 10.6 Å². The monoisotopic (exact) mass is 326 g/mol. The van der Waals surface area contributed by atoms with Gasteiger partial charge in [-0.1, -0.05) is 0 Å². The van der Waals surface area contributed by atoms with Crippen molar-refractivity contribution in [2.24, 2.45) is 0 Å². The molecule has 0 radical (unpaired) electrons. The maximum Gasteiger partial charge on any atom is 0.326 e. The third kappa shape index (κ3) is 3.86. The molecule has 0 aliphatic heterocycles. The maximum atomic E-state index is 11.9. The van der Waals surface area contributed by atoms with Crippen LogP contribution in [0.5, 0.6) is 0 Å². The molecule has 0 aromatic carbocycles. The Balaban J connectivity index is 2.09. The Hall–Kier alpha value is -2.26. The summed E-state index contributed by atoms with van der Waals surface area (Å²) < 4.78 is 0. The van der Waals surface area contributed by atoms with E-state index >= 15 is 0 Å². The van der Waals surface area contributed by atoms with E-state index in [1.54, 1.807) is 0 Å². The van der Waals surface area contributed by atoms with Gasteiger partial charge in [-0.15, -0.1) is 11.3 Å². The Morgan fingerprint density at radius 2 is 2.05 bits per heavy atom. The summed E-state index contributed by atoms with van der Waals surface area (Å²) in [5, 5.41) is 25.6. The molecule has 0 aliphatic carbocycles. The molecule has 7 nitrogen and oxygen atoms in total. The number of hydrogen-bond donors (Lipinski definition) is 3. The average molecular weight is 326 g/mol. The lowest BCUT2D eigenvalue weighted by Crippen LogP contribution is -2.42. The highest BCUT2D eigenvalue weighted by Crippen LogP contribution is 2.25. The summed E-state index contributed by atoms with van der Waals surface area (Å²) in [5.41, 5.74) is 0.946. The van der Waals surface area contributed by atoms with Gasteiger partial charge >= 0.3 is 11.9 Å². The number of carboxylic acid groups (broad SMARTS) is 2. The molecule has 1 atom stereocenters. The smallest absolute Gasteiger partial charge is 0.326 e. The lowest BCUT2D eigenvalue weighted by molar-refractivity contribution is -0.145. The highest BCUT2D eigenvalue weighted by molar-refractivity contribution is 7.14. The van der Waals surface area contributed by atoms with Gasteiger partial charge in [-0.25, -0.2) is 9.78 Å². The molecule has 2 heterocycles. The SMILES string of the molecule is O=C(O)CC(NC(=O)c1csc(-c2ccsc2)n1)C(=O)O. The van der Waals surface area contributed by atoms with Gasteiger partial charge in [0.2, 0.25) is 0 Å². The van der Waals surface area contributed by atoms with Crippen LogP contribution in [0.3, 0.4) is 0 Å². The summed E-state index contributed by atoms with van der Waals surface area (Å²) in [6.45, 7) is 0. The van der Waals surface area contributed by atoms with Gasteiger partial charge in [-0.05, 0) is 11.4 Å². The fourth-order valence-electron chi connectivity index (χ4n) is 1.50. The number of nitrogens with one attached hydrogen (secondary N) is 1. The van der Waals surface area contributed by atoms with E-state index in [0.29, 0.717) is 5.01 Å². The number of nitrogens with zero attached hydrogens (tertiary/aromatic N) is 1. The molecule has 0 fully saturated rings. The second kappa shape index (κ2) is 6.46. The van der Waals surface area contributed by atoms with E-state index in [1.807, 2.05) is 16.8 Å². The van der Waals surface area contributed by atoms with Crippen molar-refractivity contribution in [2.75, 3.05) is 0 Å². The number of hydrogen-bond acceptors (Lipinski definition) is 6. The van der Waals surface area contributed by atoms with Crippen LogP contribution in [0, 0.1) is 0 Å². The van der Waals surface area contributed by atoms with Crippen molar-refractivity contribution in [3.63, 3.8) is 0 Å². The largest absolute Gasteiger partial charge is 0.481 e. The number of rotatable bonds is 6. The van der Waals surface area contributed by atoms with E-state index in [-0.39, 0.29) is 5.69 Å². The average Bonchev–Trinajstić information content (AvgIpc) is 3.08. The van der Waals surface area contributed by atoms with Gasteiger partial charge in [-0.3, -0.25) is 9.59 Å². The van der Waals surface area contributed by atoms with Crippen molar-refractivity contribution >= 4 is 40.5 Å². The predicted molar refractivity (Wildman–Crippen MR) is 76.6 cm³/mol. The summed E-state index contributed by atoms with van der Waals surface area (Å²) >= 11 is 2.75. The summed E-state index contributed by atoms with van der Waals surface area (Å²) in [7, 11) is 0. The van der Waals surface area contributed by atoms with Gasteiger partial charge < -0.3 is 15.5 Å². The number of aliphatic carboxylic acids is 2. The number of amides is 1. The highest BCUT2D eigenvalue weighted by atomic mass is 32.1. The first-order chi connectivity index (χ1) is 9.97. The van der Waals surface area contributed by atoms with Crippen LogP contribution in [0.2, 0.25) is 0 Å². The molecule has 1 unspecified atom stereocenters. The van der Waals surface area contributed by atoms with E-state index in [9.17, 15) is 14.4 Å². The Labute approximate surface area is 126 Å². The van der Waals surface area contributed by atoms with Crippen molar-refractivity contribution in [3.8, 4) is 10.6 Å². The van der Waals surface area contributed by atoms with Gasteiger partial charge in [0, 0.05) is 16.3 Å². The number of carbonyl (C=O) groups excluding carboxylic acids is 1. The standard InChI is InChI=1S/C12H10N2O5S2/c15-9(16)3-7(12(18)19)13-10(17)8-5-21-11(14-8)6-1-2-20-4-6/h1-2,4-5,7H,3H2,(H,13,17)(H,15,16)(H,18,19). The third-order valence-electron chi connectivity index (χ3n) is 2.49. The Bertz CT molecular complexity index is 665. The van der Waals surface area contributed by atoms with Crippen LogP contribution < -0.4 is 5.32 Å². The zero-order valence-corrected chi connectivity index (χ0v) is 12.1. The normalized spacial score (nSPS) is 11.8. The van der Waals surface area contributed by atoms with E-state index < -0.39 is 30.3 Å². The van der Waals surface area contributed by atoms with E-state index in [4.69, 9.17) is 10.2 Å². The van der Waals surface area contributed by atoms with Crippen molar-refractivity contribution in [1.29, 1.82) is 0 Å². The molecule has 0 bridgehead atoms. The lowest BCUT2D eigenvalue weighted by atomic mass is 10.2. The van der Waals surface area contributed by atoms with Crippen molar-refractivity contribution in [2.45, 2.75) is 12.5 Å². The van der Waals surface area contributed by atoms with Crippen molar-refractivity contribution in [3.05, 3.63) is 27.9 Å². The number of thiazole rings is 1. The van der Waals surface area contributed by atoms with E-state index in [1.165, 1.54) is 28.1 Å². The quantitative estimate of drug-likeness (QED) is 0.741. The fourth-order valence-corrected chi connectivity index (χ4v) is 3.02. The van der Waals surface area contributed by atoms with Crippen LogP contribution in [0.4, 0.5) is 0 Å². The molecule has 0 aliphatic rings. The van der Waals surface area contributed by atoms with Gasteiger partial charge in [0.15, 0.2) is 0 Å². The molecule has 21 heavy (non-hydrogen) atoms. The Morgan fingerprint density at radius 1 is 1.29 bits per heavy atom. The van der Waals surface area contributed by atoms with E-state index in [0.717, 1.165) is 5.56 Å². The zero-order chi connectivity index (χ0) is 15.4. The summed E-state index contributed by atoms with van der Waals surface area (Å²) in [5.74, 6) is -3.42. The summed E-state index contributed by atoms with van der Waals surface area (Å²) in [4.78, 5) is 37.5. The highest BCUT2D eigenvalue weighted by Gasteiger charge is 2.24. The number of aromatic nitrogens is 1. The molecule has 1 amide bonds. The number of carbonyl (C=O) groups is 3. The van der Waals surface area contributed by atoms with Crippen LogP contribution in [0.1, 0.15) is 16.9 Å².